The molecular formula is C16H17N3O4S2. The number of fused-ring (bicyclic) bond motifs is 1. The minimum absolute atomic E-state index is 0.104. The topological polar surface area (TPSA) is 90.4 Å². The van der Waals surface area contributed by atoms with Gasteiger partial charge in [-0.05, 0) is 37.3 Å². The first-order chi connectivity index (χ1) is 12.0. The summed E-state index contributed by atoms with van der Waals surface area (Å²) in [5, 5.41) is 0. The lowest BCUT2D eigenvalue weighted by molar-refractivity contribution is 0.395. The van der Waals surface area contributed by atoms with E-state index in [0.717, 1.165) is 11.7 Å². The van der Waals surface area contributed by atoms with E-state index in [9.17, 15) is 8.42 Å². The highest BCUT2D eigenvalue weighted by molar-refractivity contribution is 7.89. The van der Waals surface area contributed by atoms with Crippen molar-refractivity contribution in [1.29, 1.82) is 0 Å². The minimum Gasteiger partial charge on any atom is -0.497 e. The molecule has 1 aromatic heterocycles. The van der Waals surface area contributed by atoms with Crippen LogP contribution in [0.25, 0.3) is 11.0 Å². The molecule has 0 unspecified atom stereocenters. The van der Waals surface area contributed by atoms with E-state index in [0.29, 0.717) is 28.1 Å². The van der Waals surface area contributed by atoms with Crippen molar-refractivity contribution in [3.63, 3.8) is 0 Å². The summed E-state index contributed by atoms with van der Waals surface area (Å²) < 4.78 is 47.1. The molecule has 0 aliphatic rings. The fourth-order valence-electron chi connectivity index (χ4n) is 2.54. The van der Waals surface area contributed by atoms with Crippen molar-refractivity contribution in [2.24, 2.45) is 0 Å². The van der Waals surface area contributed by atoms with Crippen LogP contribution >= 0.6 is 11.7 Å². The SMILES string of the molecule is COc1ccc(OC)c([C@H](C)NS(=O)(=O)c2cccc3nsnc23)c1. The Hall–Kier alpha value is -2.23. The van der Waals surface area contributed by atoms with E-state index >= 15 is 0 Å². The van der Waals surface area contributed by atoms with E-state index in [1.54, 1.807) is 44.4 Å². The number of benzene rings is 2. The van der Waals surface area contributed by atoms with Gasteiger partial charge in [-0.2, -0.15) is 8.75 Å². The molecule has 0 saturated heterocycles. The van der Waals surface area contributed by atoms with Crippen molar-refractivity contribution in [2.75, 3.05) is 14.2 Å². The van der Waals surface area contributed by atoms with Crippen LogP contribution in [0.4, 0.5) is 0 Å². The Morgan fingerprint density at radius 1 is 1.12 bits per heavy atom. The third-order valence-corrected chi connectivity index (χ3v) is 5.89. The number of ether oxygens (including phenoxy) is 2. The average molecular weight is 379 g/mol. The molecule has 0 amide bonds. The van der Waals surface area contributed by atoms with Crippen LogP contribution in [-0.4, -0.2) is 31.4 Å². The van der Waals surface area contributed by atoms with Gasteiger partial charge in [-0.3, -0.25) is 0 Å². The molecule has 1 heterocycles. The standard InChI is InChI=1S/C16H17N3O4S2/c1-10(12-9-11(22-2)7-8-14(12)23-3)19-25(20,21)15-6-4-5-13-16(15)18-24-17-13/h4-10,19H,1-3H3/t10-/m0/s1. The normalized spacial score (nSPS) is 12.9. The van der Waals surface area contributed by atoms with Crippen LogP contribution < -0.4 is 14.2 Å². The molecule has 3 rings (SSSR count). The molecule has 25 heavy (non-hydrogen) atoms. The molecule has 2 aromatic carbocycles. The van der Waals surface area contributed by atoms with Gasteiger partial charge >= 0.3 is 0 Å². The lowest BCUT2D eigenvalue weighted by Crippen LogP contribution is -2.27. The van der Waals surface area contributed by atoms with Gasteiger partial charge in [0.25, 0.3) is 0 Å². The van der Waals surface area contributed by atoms with Crippen molar-refractivity contribution in [2.45, 2.75) is 17.9 Å². The maximum absolute atomic E-state index is 12.8. The minimum atomic E-state index is -3.79. The Kier molecular flexibility index (Phi) is 4.89. The zero-order valence-electron chi connectivity index (χ0n) is 13.9. The maximum atomic E-state index is 12.8. The van der Waals surface area contributed by atoms with Gasteiger partial charge in [0.2, 0.25) is 10.0 Å². The highest BCUT2D eigenvalue weighted by atomic mass is 32.2. The molecule has 9 heteroatoms. The predicted octanol–water partition coefficient (Wildman–Crippen LogP) is 2.75. The van der Waals surface area contributed by atoms with Crippen molar-refractivity contribution in [1.82, 2.24) is 13.5 Å². The van der Waals surface area contributed by atoms with E-state index in [1.807, 2.05) is 0 Å². The van der Waals surface area contributed by atoms with Crippen molar-refractivity contribution in [3.8, 4) is 11.5 Å². The van der Waals surface area contributed by atoms with E-state index in [-0.39, 0.29) is 4.90 Å². The van der Waals surface area contributed by atoms with Crippen LogP contribution in [0.15, 0.2) is 41.3 Å². The van der Waals surface area contributed by atoms with Crippen LogP contribution in [0.2, 0.25) is 0 Å². The molecule has 0 spiro atoms. The van der Waals surface area contributed by atoms with E-state index < -0.39 is 16.1 Å². The highest BCUT2D eigenvalue weighted by Crippen LogP contribution is 2.31. The molecule has 0 saturated carbocycles. The van der Waals surface area contributed by atoms with Gasteiger partial charge in [0.15, 0.2) is 0 Å². The Bertz CT molecular complexity index is 1000. The molecule has 0 fully saturated rings. The van der Waals surface area contributed by atoms with E-state index in [4.69, 9.17) is 9.47 Å². The average Bonchev–Trinajstić information content (AvgIpc) is 3.09. The molecule has 7 nitrogen and oxygen atoms in total. The van der Waals surface area contributed by atoms with Gasteiger partial charge in [0.1, 0.15) is 27.4 Å². The van der Waals surface area contributed by atoms with Crippen LogP contribution in [-0.2, 0) is 10.0 Å². The van der Waals surface area contributed by atoms with Crippen LogP contribution in [0.5, 0.6) is 11.5 Å². The summed E-state index contributed by atoms with van der Waals surface area (Å²) in [5.41, 5.74) is 1.60. The zero-order chi connectivity index (χ0) is 18.0. The predicted molar refractivity (Wildman–Crippen MR) is 95.7 cm³/mol. The number of aromatic nitrogens is 2. The van der Waals surface area contributed by atoms with Gasteiger partial charge < -0.3 is 9.47 Å². The van der Waals surface area contributed by atoms with Gasteiger partial charge in [-0.15, -0.1) is 0 Å². The van der Waals surface area contributed by atoms with Gasteiger partial charge in [0.05, 0.1) is 25.9 Å². The second kappa shape index (κ2) is 6.95. The van der Waals surface area contributed by atoms with Crippen LogP contribution in [0, 0.1) is 0 Å². The molecule has 0 bridgehead atoms. The molecule has 3 aromatic rings. The number of hydrogen-bond acceptors (Lipinski definition) is 7. The van der Waals surface area contributed by atoms with Crippen LogP contribution in [0.1, 0.15) is 18.5 Å². The van der Waals surface area contributed by atoms with Gasteiger partial charge in [0, 0.05) is 11.6 Å². The maximum Gasteiger partial charge on any atom is 0.243 e. The summed E-state index contributed by atoms with van der Waals surface area (Å²) >= 11 is 0.981. The largest absolute Gasteiger partial charge is 0.497 e. The van der Waals surface area contributed by atoms with Crippen molar-refractivity contribution >= 4 is 32.8 Å². The molecule has 1 N–H and O–H groups in total. The summed E-state index contributed by atoms with van der Waals surface area (Å²) in [6, 6.07) is 9.60. The number of methoxy groups -OCH3 is 2. The van der Waals surface area contributed by atoms with Gasteiger partial charge in [-0.1, -0.05) is 6.07 Å². The fourth-order valence-corrected chi connectivity index (χ4v) is 4.53. The second-order valence-corrected chi connectivity index (χ2v) is 7.55. The lowest BCUT2D eigenvalue weighted by Gasteiger charge is -2.18. The number of sulfonamides is 1. The Labute approximate surface area is 150 Å². The molecule has 0 radical (unpaired) electrons. The summed E-state index contributed by atoms with van der Waals surface area (Å²) in [6.07, 6.45) is 0. The second-order valence-electron chi connectivity index (χ2n) is 5.34. The number of nitrogens with zero attached hydrogens (tertiary/aromatic N) is 2. The van der Waals surface area contributed by atoms with Crippen molar-refractivity contribution in [3.05, 3.63) is 42.0 Å². The first-order valence-corrected chi connectivity index (χ1v) is 9.63. The molecule has 0 aliphatic carbocycles. The summed E-state index contributed by atoms with van der Waals surface area (Å²) in [5.74, 6) is 1.19. The third kappa shape index (κ3) is 3.44. The number of rotatable bonds is 6. The van der Waals surface area contributed by atoms with Gasteiger partial charge in [-0.25, -0.2) is 13.1 Å². The quantitative estimate of drug-likeness (QED) is 0.708. The Morgan fingerprint density at radius 2 is 1.92 bits per heavy atom. The summed E-state index contributed by atoms with van der Waals surface area (Å²) in [4.78, 5) is 0.104. The Balaban J connectivity index is 1.97. The summed E-state index contributed by atoms with van der Waals surface area (Å²) in [7, 11) is -0.703. The monoisotopic (exact) mass is 379 g/mol. The molecule has 132 valence electrons. The van der Waals surface area contributed by atoms with Crippen molar-refractivity contribution < 1.29 is 17.9 Å². The smallest absolute Gasteiger partial charge is 0.243 e. The lowest BCUT2D eigenvalue weighted by atomic mass is 10.1. The molecular weight excluding hydrogens is 362 g/mol. The first-order valence-electron chi connectivity index (χ1n) is 7.42. The first kappa shape index (κ1) is 17.6. The summed E-state index contributed by atoms with van der Waals surface area (Å²) in [6.45, 7) is 1.74. The Morgan fingerprint density at radius 3 is 2.64 bits per heavy atom. The number of nitrogens with one attached hydrogen (secondary N) is 1. The third-order valence-electron chi connectivity index (χ3n) is 3.77. The zero-order valence-corrected chi connectivity index (χ0v) is 15.5. The molecule has 0 aliphatic heterocycles. The van der Waals surface area contributed by atoms with E-state index in [2.05, 4.69) is 13.5 Å². The fraction of sp³-hybridized carbons (Fsp3) is 0.250. The van der Waals surface area contributed by atoms with Crippen LogP contribution in [0.3, 0.4) is 0 Å². The number of hydrogen-bond donors (Lipinski definition) is 1. The highest BCUT2D eigenvalue weighted by Gasteiger charge is 2.24. The molecule has 1 atom stereocenters. The van der Waals surface area contributed by atoms with E-state index in [1.165, 1.54) is 13.2 Å².